The number of benzene rings is 2. The molecule has 0 atom stereocenters. The Labute approximate surface area is 163 Å². The second-order valence-corrected chi connectivity index (χ2v) is 6.55. The van der Waals surface area contributed by atoms with Crippen molar-refractivity contribution in [1.29, 1.82) is 0 Å². The molecule has 1 aromatic heterocycles. The lowest BCUT2D eigenvalue weighted by Crippen LogP contribution is -2.35. The zero-order valence-electron chi connectivity index (χ0n) is 15.3. The highest BCUT2D eigenvalue weighted by Gasteiger charge is 2.24. The summed E-state index contributed by atoms with van der Waals surface area (Å²) in [4.78, 5) is 26.7. The highest BCUT2D eigenvalue weighted by Crippen LogP contribution is 2.30. The number of nitrogens with one attached hydrogen (secondary N) is 1. The van der Waals surface area contributed by atoms with Gasteiger partial charge in [-0.05, 0) is 66.9 Å². The molecule has 0 aliphatic carbocycles. The van der Waals surface area contributed by atoms with Crippen molar-refractivity contribution in [3.8, 4) is 5.69 Å². The summed E-state index contributed by atoms with van der Waals surface area (Å²) in [5, 5.41) is 7.14. The lowest BCUT2D eigenvalue weighted by Gasteiger charge is -2.29. The highest BCUT2D eigenvalue weighted by atomic mass is 16.2. The maximum Gasteiger partial charge on any atom is 0.256 e. The fraction of sp³-hybridized carbons (Fsp3) is 0.136. The third-order valence-corrected chi connectivity index (χ3v) is 4.83. The Morgan fingerprint density at radius 1 is 1.11 bits per heavy atom. The molecule has 6 heteroatoms. The van der Waals surface area contributed by atoms with Crippen molar-refractivity contribution < 1.29 is 9.59 Å². The van der Waals surface area contributed by atoms with Crippen molar-refractivity contribution in [3.63, 3.8) is 0 Å². The molecule has 4 rings (SSSR count). The van der Waals surface area contributed by atoms with Crippen LogP contribution in [0.1, 0.15) is 22.3 Å². The van der Waals surface area contributed by atoms with Gasteiger partial charge in [-0.2, -0.15) is 5.10 Å². The SMILES string of the molecule is C=CC(=O)N1CCCc2c(C(=O)Nc3ccc(-n4cccn4)cc3)cccc21. The van der Waals surface area contributed by atoms with E-state index in [2.05, 4.69) is 17.0 Å². The van der Waals surface area contributed by atoms with E-state index < -0.39 is 0 Å². The monoisotopic (exact) mass is 372 g/mol. The summed E-state index contributed by atoms with van der Waals surface area (Å²) in [6.45, 7) is 4.21. The number of nitrogens with zero attached hydrogens (tertiary/aromatic N) is 3. The largest absolute Gasteiger partial charge is 0.322 e. The van der Waals surface area contributed by atoms with E-state index in [-0.39, 0.29) is 11.8 Å². The zero-order valence-corrected chi connectivity index (χ0v) is 15.3. The number of hydrogen-bond donors (Lipinski definition) is 1. The zero-order chi connectivity index (χ0) is 19.5. The molecule has 0 fully saturated rings. The summed E-state index contributed by atoms with van der Waals surface area (Å²) in [6, 6.07) is 14.8. The number of hydrogen-bond acceptors (Lipinski definition) is 3. The van der Waals surface area contributed by atoms with Crippen molar-refractivity contribution in [2.75, 3.05) is 16.8 Å². The summed E-state index contributed by atoms with van der Waals surface area (Å²) in [6.07, 6.45) is 6.46. The Bertz CT molecular complexity index is 1020. The van der Waals surface area contributed by atoms with Crippen LogP contribution in [0.4, 0.5) is 11.4 Å². The lowest BCUT2D eigenvalue weighted by molar-refractivity contribution is -0.114. The van der Waals surface area contributed by atoms with Crippen molar-refractivity contribution in [3.05, 3.63) is 84.7 Å². The Morgan fingerprint density at radius 2 is 1.93 bits per heavy atom. The Kier molecular flexibility index (Phi) is 4.76. The van der Waals surface area contributed by atoms with Crippen molar-refractivity contribution in [2.24, 2.45) is 0 Å². The van der Waals surface area contributed by atoms with E-state index in [9.17, 15) is 9.59 Å². The molecule has 140 valence electrons. The van der Waals surface area contributed by atoms with Crippen LogP contribution in [0, 0.1) is 0 Å². The van der Waals surface area contributed by atoms with E-state index >= 15 is 0 Å². The van der Waals surface area contributed by atoms with Crippen LogP contribution < -0.4 is 10.2 Å². The molecule has 0 saturated heterocycles. The van der Waals surface area contributed by atoms with Gasteiger partial charge in [-0.25, -0.2) is 4.68 Å². The van der Waals surface area contributed by atoms with Crippen LogP contribution in [0.25, 0.3) is 5.69 Å². The Morgan fingerprint density at radius 3 is 2.64 bits per heavy atom. The molecule has 2 heterocycles. The number of aromatic nitrogens is 2. The van der Waals surface area contributed by atoms with Gasteiger partial charge < -0.3 is 10.2 Å². The molecule has 2 aromatic carbocycles. The molecular weight excluding hydrogens is 352 g/mol. The highest BCUT2D eigenvalue weighted by molar-refractivity contribution is 6.08. The molecule has 0 saturated carbocycles. The molecule has 0 radical (unpaired) electrons. The molecule has 6 nitrogen and oxygen atoms in total. The summed E-state index contributed by atoms with van der Waals surface area (Å²) in [7, 11) is 0. The number of carbonyl (C=O) groups excluding carboxylic acids is 2. The van der Waals surface area contributed by atoms with Gasteiger partial charge in [-0.3, -0.25) is 9.59 Å². The molecule has 28 heavy (non-hydrogen) atoms. The van der Waals surface area contributed by atoms with Crippen molar-refractivity contribution >= 4 is 23.2 Å². The van der Waals surface area contributed by atoms with Crippen LogP contribution in [-0.4, -0.2) is 28.1 Å². The normalized spacial score (nSPS) is 12.9. The summed E-state index contributed by atoms with van der Waals surface area (Å²) in [5.74, 6) is -0.329. The number of rotatable bonds is 4. The number of anilines is 2. The first kappa shape index (κ1) is 17.7. The minimum Gasteiger partial charge on any atom is -0.322 e. The van der Waals surface area contributed by atoms with E-state index in [4.69, 9.17) is 0 Å². The first-order chi connectivity index (χ1) is 13.7. The topological polar surface area (TPSA) is 67.2 Å². The molecule has 3 aromatic rings. The predicted octanol–water partition coefficient (Wildman–Crippen LogP) is 3.59. The van der Waals surface area contributed by atoms with Crippen LogP contribution in [-0.2, 0) is 11.2 Å². The summed E-state index contributed by atoms with van der Waals surface area (Å²) >= 11 is 0. The first-order valence-electron chi connectivity index (χ1n) is 9.14. The van der Waals surface area contributed by atoms with E-state index in [0.717, 1.165) is 29.8 Å². The van der Waals surface area contributed by atoms with Crippen LogP contribution in [0.2, 0.25) is 0 Å². The van der Waals surface area contributed by atoms with Gasteiger partial charge in [0.05, 0.1) is 5.69 Å². The number of carbonyl (C=O) groups is 2. The minimum absolute atomic E-state index is 0.146. The average Bonchev–Trinajstić information content (AvgIpc) is 3.27. The van der Waals surface area contributed by atoms with Crippen molar-refractivity contribution in [1.82, 2.24) is 9.78 Å². The van der Waals surface area contributed by atoms with Crippen LogP contribution in [0.5, 0.6) is 0 Å². The van der Waals surface area contributed by atoms with Gasteiger partial charge in [-0.15, -0.1) is 0 Å². The Hall–Kier alpha value is -3.67. The third kappa shape index (κ3) is 3.32. The molecular formula is C22H20N4O2. The second-order valence-electron chi connectivity index (χ2n) is 6.55. The maximum absolute atomic E-state index is 12.9. The van der Waals surface area contributed by atoms with Gasteiger partial charge in [-0.1, -0.05) is 12.6 Å². The van der Waals surface area contributed by atoms with E-state index in [1.54, 1.807) is 21.8 Å². The van der Waals surface area contributed by atoms with E-state index in [1.807, 2.05) is 48.7 Å². The van der Waals surface area contributed by atoms with Crippen LogP contribution >= 0.6 is 0 Å². The molecule has 1 aliphatic heterocycles. The number of fused-ring (bicyclic) bond motifs is 1. The molecule has 0 spiro atoms. The first-order valence-corrected chi connectivity index (χ1v) is 9.14. The van der Waals surface area contributed by atoms with Gasteiger partial charge in [0.25, 0.3) is 5.91 Å². The Balaban J connectivity index is 1.57. The van der Waals surface area contributed by atoms with Gasteiger partial charge in [0.15, 0.2) is 0 Å². The standard InChI is InChI=1S/C22H20N4O2/c1-2-21(27)25-14-4-7-18-19(6-3-8-20(18)25)22(28)24-16-9-11-17(12-10-16)26-15-5-13-23-26/h2-3,5-6,8-13,15H,1,4,7,14H2,(H,24,28). The average molecular weight is 372 g/mol. The van der Waals surface area contributed by atoms with Gasteiger partial charge in [0.1, 0.15) is 0 Å². The van der Waals surface area contributed by atoms with Crippen LogP contribution in [0.15, 0.2) is 73.6 Å². The van der Waals surface area contributed by atoms with Gasteiger partial charge in [0.2, 0.25) is 5.91 Å². The third-order valence-electron chi connectivity index (χ3n) is 4.83. The number of amides is 2. The molecule has 2 amide bonds. The smallest absolute Gasteiger partial charge is 0.256 e. The predicted molar refractivity (Wildman–Crippen MR) is 109 cm³/mol. The fourth-order valence-electron chi connectivity index (χ4n) is 3.49. The molecule has 0 bridgehead atoms. The molecule has 0 unspecified atom stereocenters. The van der Waals surface area contributed by atoms with E-state index in [0.29, 0.717) is 17.8 Å². The van der Waals surface area contributed by atoms with Crippen molar-refractivity contribution in [2.45, 2.75) is 12.8 Å². The summed E-state index contributed by atoms with van der Waals surface area (Å²) in [5.41, 5.74) is 3.90. The van der Waals surface area contributed by atoms with E-state index in [1.165, 1.54) is 6.08 Å². The minimum atomic E-state index is -0.184. The second kappa shape index (κ2) is 7.52. The maximum atomic E-state index is 12.9. The van der Waals surface area contributed by atoms with Crippen LogP contribution in [0.3, 0.4) is 0 Å². The van der Waals surface area contributed by atoms with Gasteiger partial charge in [0, 0.05) is 35.9 Å². The quantitative estimate of drug-likeness (QED) is 0.712. The van der Waals surface area contributed by atoms with Gasteiger partial charge >= 0.3 is 0 Å². The molecule has 1 aliphatic rings. The fourth-order valence-corrected chi connectivity index (χ4v) is 3.49. The molecule has 1 N–H and O–H groups in total. The lowest BCUT2D eigenvalue weighted by atomic mass is 9.95. The summed E-state index contributed by atoms with van der Waals surface area (Å²) < 4.78 is 1.75.